The predicted octanol–water partition coefficient (Wildman–Crippen LogP) is 2.08. The van der Waals surface area contributed by atoms with Crippen molar-refractivity contribution in [3.05, 3.63) is 29.3 Å². The summed E-state index contributed by atoms with van der Waals surface area (Å²) in [4.78, 5) is 43.9. The van der Waals surface area contributed by atoms with E-state index in [0.29, 0.717) is 52.2 Å². The Balaban J connectivity index is 1.54. The summed E-state index contributed by atoms with van der Waals surface area (Å²) in [7, 11) is 0. The van der Waals surface area contributed by atoms with E-state index in [4.69, 9.17) is 10.5 Å². The molecule has 0 aliphatic carbocycles. The van der Waals surface area contributed by atoms with Crippen LogP contribution in [0.1, 0.15) is 62.5 Å². The number of hydrogen-bond acceptors (Lipinski definition) is 6. The quantitative estimate of drug-likeness (QED) is 0.414. The number of amides is 2. The summed E-state index contributed by atoms with van der Waals surface area (Å²) in [6.45, 7) is 6.43. The summed E-state index contributed by atoms with van der Waals surface area (Å²) in [6.07, 6.45) is 5.56. The molecular weight excluding hydrogens is 472 g/mol. The van der Waals surface area contributed by atoms with Crippen LogP contribution < -0.4 is 10.5 Å². The highest BCUT2D eigenvalue weighted by Crippen LogP contribution is 2.41. The molecule has 1 unspecified atom stereocenters. The maximum Gasteiger partial charge on any atom is 0.308 e. The molecule has 1 aromatic carbocycles. The minimum atomic E-state index is -0.830. The van der Waals surface area contributed by atoms with E-state index >= 15 is 0 Å². The van der Waals surface area contributed by atoms with Gasteiger partial charge in [-0.2, -0.15) is 0 Å². The SMILES string of the molecule is CCCCN(CCN)C(=O)CN1C[C@H](c2ccc3c(c2)CCO3)C(C(=O)O)[C@@H]1CCCN1CCCC1=O. The van der Waals surface area contributed by atoms with Gasteiger partial charge in [0.05, 0.1) is 19.1 Å². The molecule has 3 aliphatic heterocycles. The lowest BCUT2D eigenvalue weighted by molar-refractivity contribution is -0.144. The lowest BCUT2D eigenvalue weighted by atomic mass is 9.83. The summed E-state index contributed by atoms with van der Waals surface area (Å²) >= 11 is 0. The number of nitrogens with zero attached hydrogens (tertiary/aromatic N) is 3. The number of fused-ring (bicyclic) bond motifs is 1. The van der Waals surface area contributed by atoms with Crippen molar-refractivity contribution in [1.82, 2.24) is 14.7 Å². The Labute approximate surface area is 219 Å². The first kappa shape index (κ1) is 27.4. The van der Waals surface area contributed by atoms with E-state index in [9.17, 15) is 19.5 Å². The number of nitrogens with two attached hydrogens (primary N) is 1. The molecule has 2 fully saturated rings. The number of carbonyl (C=O) groups is 3. The number of hydrogen-bond donors (Lipinski definition) is 2. The van der Waals surface area contributed by atoms with Crippen LogP contribution in [-0.2, 0) is 20.8 Å². The topological polar surface area (TPSA) is 116 Å². The fraction of sp³-hybridized carbons (Fsp3) is 0.679. The number of benzene rings is 1. The average Bonchev–Trinajstić information content (AvgIpc) is 3.60. The maximum atomic E-state index is 13.4. The van der Waals surface area contributed by atoms with Gasteiger partial charge in [0.15, 0.2) is 0 Å². The lowest BCUT2D eigenvalue weighted by Crippen LogP contribution is -2.45. The summed E-state index contributed by atoms with van der Waals surface area (Å²) in [5.74, 6) is -0.607. The van der Waals surface area contributed by atoms with E-state index in [1.165, 1.54) is 0 Å². The second kappa shape index (κ2) is 12.7. The van der Waals surface area contributed by atoms with Gasteiger partial charge in [-0.1, -0.05) is 25.5 Å². The first-order chi connectivity index (χ1) is 17.9. The number of carboxylic acid groups (broad SMARTS) is 1. The number of likely N-dealkylation sites (tertiary alicyclic amines) is 2. The Morgan fingerprint density at radius 2 is 2.05 bits per heavy atom. The Hall–Kier alpha value is -2.65. The maximum absolute atomic E-state index is 13.4. The molecule has 4 rings (SSSR count). The lowest BCUT2D eigenvalue weighted by Gasteiger charge is -2.30. The number of carbonyl (C=O) groups excluding carboxylic acids is 2. The third-order valence-electron chi connectivity index (χ3n) is 8.15. The van der Waals surface area contributed by atoms with Gasteiger partial charge >= 0.3 is 5.97 Å². The minimum absolute atomic E-state index is 0.00534. The molecule has 0 saturated carbocycles. The molecule has 9 heteroatoms. The van der Waals surface area contributed by atoms with Crippen LogP contribution in [0, 0.1) is 5.92 Å². The number of rotatable bonds is 13. The molecule has 2 amide bonds. The van der Waals surface area contributed by atoms with Crippen LogP contribution in [-0.4, -0.2) is 96.1 Å². The third-order valence-corrected chi connectivity index (χ3v) is 8.15. The van der Waals surface area contributed by atoms with Crippen molar-refractivity contribution in [2.75, 3.05) is 52.4 Å². The summed E-state index contributed by atoms with van der Waals surface area (Å²) in [5.41, 5.74) is 7.90. The van der Waals surface area contributed by atoms with Crippen LogP contribution in [0.25, 0.3) is 0 Å². The molecule has 9 nitrogen and oxygen atoms in total. The molecule has 0 aromatic heterocycles. The van der Waals surface area contributed by atoms with Gasteiger partial charge in [0.1, 0.15) is 5.75 Å². The molecule has 0 bridgehead atoms. The van der Waals surface area contributed by atoms with Crippen molar-refractivity contribution in [2.24, 2.45) is 11.7 Å². The molecule has 204 valence electrons. The zero-order chi connectivity index (χ0) is 26.4. The minimum Gasteiger partial charge on any atom is -0.493 e. The van der Waals surface area contributed by atoms with Gasteiger partial charge in [-0.15, -0.1) is 0 Å². The Morgan fingerprint density at radius 1 is 1.22 bits per heavy atom. The number of unbranched alkanes of at least 4 members (excludes halogenated alkanes) is 1. The van der Waals surface area contributed by atoms with Crippen molar-refractivity contribution in [1.29, 1.82) is 0 Å². The highest BCUT2D eigenvalue weighted by atomic mass is 16.5. The van der Waals surface area contributed by atoms with Gasteiger partial charge in [-0.25, -0.2) is 0 Å². The first-order valence-corrected chi connectivity index (χ1v) is 13.9. The van der Waals surface area contributed by atoms with E-state index in [0.717, 1.165) is 55.5 Å². The molecular formula is C28H42N4O5. The van der Waals surface area contributed by atoms with Crippen molar-refractivity contribution in [2.45, 2.75) is 63.8 Å². The third kappa shape index (κ3) is 6.44. The smallest absolute Gasteiger partial charge is 0.308 e. The highest BCUT2D eigenvalue weighted by Gasteiger charge is 2.47. The largest absolute Gasteiger partial charge is 0.493 e. The molecule has 3 heterocycles. The van der Waals surface area contributed by atoms with Crippen molar-refractivity contribution in [3.63, 3.8) is 0 Å². The molecule has 0 spiro atoms. The van der Waals surface area contributed by atoms with E-state index in [1.54, 1.807) is 0 Å². The monoisotopic (exact) mass is 514 g/mol. The normalized spacial score (nSPS) is 23.4. The Bertz CT molecular complexity index is 970. The second-order valence-electron chi connectivity index (χ2n) is 10.6. The standard InChI is InChI=1S/C28H42N4O5/c1-2-3-12-31(15-11-29)26(34)19-32-18-22(20-8-9-24-21(17-20)10-16-37-24)27(28(35)36)23(32)6-4-13-30-14-5-7-25(30)33/h8-9,17,22-23,27H,2-7,10-16,18-19,29H2,1H3,(H,35,36)/t22-,23+,27?/m1/s1. The molecule has 0 radical (unpaired) electrons. The first-order valence-electron chi connectivity index (χ1n) is 13.9. The fourth-order valence-corrected chi connectivity index (χ4v) is 6.20. The van der Waals surface area contributed by atoms with Crippen LogP contribution >= 0.6 is 0 Å². The van der Waals surface area contributed by atoms with Crippen LogP contribution in [0.2, 0.25) is 0 Å². The number of carboxylic acids is 1. The zero-order valence-electron chi connectivity index (χ0n) is 22.1. The molecule has 3 N–H and O–H groups in total. The van der Waals surface area contributed by atoms with E-state index in [-0.39, 0.29) is 30.3 Å². The molecule has 37 heavy (non-hydrogen) atoms. The van der Waals surface area contributed by atoms with Crippen LogP contribution in [0.3, 0.4) is 0 Å². The van der Waals surface area contributed by atoms with Gasteiger partial charge in [-0.3, -0.25) is 19.3 Å². The van der Waals surface area contributed by atoms with E-state index in [1.807, 2.05) is 21.9 Å². The van der Waals surface area contributed by atoms with Gasteiger partial charge in [-0.05, 0) is 42.9 Å². The fourth-order valence-electron chi connectivity index (χ4n) is 6.20. The van der Waals surface area contributed by atoms with Crippen LogP contribution in [0.15, 0.2) is 18.2 Å². The number of aliphatic carboxylic acids is 1. The Morgan fingerprint density at radius 3 is 2.76 bits per heavy atom. The second-order valence-corrected chi connectivity index (χ2v) is 10.6. The zero-order valence-corrected chi connectivity index (χ0v) is 22.1. The summed E-state index contributed by atoms with van der Waals surface area (Å²) < 4.78 is 5.66. The van der Waals surface area contributed by atoms with Crippen LogP contribution in [0.4, 0.5) is 0 Å². The van der Waals surface area contributed by atoms with Crippen molar-refractivity contribution >= 4 is 17.8 Å². The van der Waals surface area contributed by atoms with Crippen molar-refractivity contribution in [3.8, 4) is 5.75 Å². The summed E-state index contributed by atoms with van der Waals surface area (Å²) in [6, 6.07) is 5.75. The van der Waals surface area contributed by atoms with E-state index in [2.05, 4.69) is 17.9 Å². The highest BCUT2D eigenvalue weighted by molar-refractivity contribution is 5.79. The molecule has 3 aliphatic rings. The van der Waals surface area contributed by atoms with Gasteiger partial charge in [0, 0.05) is 64.1 Å². The van der Waals surface area contributed by atoms with Crippen molar-refractivity contribution < 1.29 is 24.2 Å². The van der Waals surface area contributed by atoms with Gasteiger partial charge in [0.2, 0.25) is 11.8 Å². The number of ether oxygens (including phenoxy) is 1. The van der Waals surface area contributed by atoms with E-state index < -0.39 is 11.9 Å². The van der Waals surface area contributed by atoms with Gasteiger partial charge < -0.3 is 25.4 Å². The predicted molar refractivity (Wildman–Crippen MR) is 140 cm³/mol. The van der Waals surface area contributed by atoms with Crippen LogP contribution in [0.5, 0.6) is 5.75 Å². The average molecular weight is 515 g/mol. The molecule has 3 atom stereocenters. The molecule has 1 aromatic rings. The molecule has 2 saturated heterocycles. The summed E-state index contributed by atoms with van der Waals surface area (Å²) in [5, 5.41) is 10.4. The Kier molecular flexibility index (Phi) is 9.43. The van der Waals surface area contributed by atoms with Gasteiger partial charge in [0.25, 0.3) is 0 Å².